The van der Waals surface area contributed by atoms with E-state index in [-0.39, 0.29) is 23.1 Å². The molecule has 1 unspecified atom stereocenters. The van der Waals surface area contributed by atoms with Crippen molar-refractivity contribution in [3.63, 3.8) is 0 Å². The maximum Gasteiger partial charge on any atom is 0.165 e. The van der Waals surface area contributed by atoms with Crippen LogP contribution < -0.4 is 15.8 Å². The molecule has 1 aromatic rings. The fourth-order valence-electron chi connectivity index (χ4n) is 1.89. The lowest BCUT2D eigenvalue weighted by atomic mass is 9.93. The van der Waals surface area contributed by atoms with E-state index < -0.39 is 0 Å². The number of hydrogen-bond donors (Lipinski definition) is 2. The van der Waals surface area contributed by atoms with Gasteiger partial charge < -0.3 is 15.8 Å². The summed E-state index contributed by atoms with van der Waals surface area (Å²) in [6.45, 7) is 3.99. The summed E-state index contributed by atoms with van der Waals surface area (Å²) in [7, 11) is 3.33. The first-order valence-corrected chi connectivity index (χ1v) is 6.17. The molecule has 0 aromatic heterocycles. The highest BCUT2D eigenvalue weighted by Crippen LogP contribution is 2.25. The molecule has 0 aliphatic heterocycles. The first-order valence-electron chi connectivity index (χ1n) is 6.17. The summed E-state index contributed by atoms with van der Waals surface area (Å²) >= 11 is 0. The van der Waals surface area contributed by atoms with Gasteiger partial charge in [0.05, 0.1) is 7.11 Å². The van der Waals surface area contributed by atoms with Gasteiger partial charge in [-0.25, -0.2) is 4.39 Å². The van der Waals surface area contributed by atoms with E-state index in [0.29, 0.717) is 0 Å². The van der Waals surface area contributed by atoms with Crippen LogP contribution >= 0.6 is 0 Å². The van der Waals surface area contributed by atoms with Gasteiger partial charge in [0.2, 0.25) is 0 Å². The average molecular weight is 254 g/mol. The molecule has 0 aliphatic rings. The van der Waals surface area contributed by atoms with Crippen LogP contribution in [0.1, 0.15) is 38.3 Å². The minimum absolute atomic E-state index is 0.105. The SMILES string of the molecule is CNC(CCC(C)(C)N)c1ccc(OC)c(F)c1. The zero-order valence-corrected chi connectivity index (χ0v) is 11.6. The highest BCUT2D eigenvalue weighted by molar-refractivity contribution is 5.31. The van der Waals surface area contributed by atoms with Gasteiger partial charge in [0.1, 0.15) is 0 Å². The summed E-state index contributed by atoms with van der Waals surface area (Å²) in [6, 6.07) is 5.16. The molecule has 0 aliphatic carbocycles. The largest absolute Gasteiger partial charge is 0.494 e. The molecule has 0 heterocycles. The van der Waals surface area contributed by atoms with Gasteiger partial charge in [-0.3, -0.25) is 0 Å². The Kier molecular flexibility index (Phi) is 5.11. The van der Waals surface area contributed by atoms with Gasteiger partial charge in [0.25, 0.3) is 0 Å². The Labute approximate surface area is 109 Å². The van der Waals surface area contributed by atoms with E-state index in [0.717, 1.165) is 18.4 Å². The van der Waals surface area contributed by atoms with Gasteiger partial charge in [-0.1, -0.05) is 6.07 Å². The summed E-state index contributed by atoms with van der Waals surface area (Å²) in [4.78, 5) is 0. The lowest BCUT2D eigenvalue weighted by Crippen LogP contribution is -2.33. The third kappa shape index (κ3) is 4.27. The maximum atomic E-state index is 13.6. The normalized spacial score (nSPS) is 13.4. The third-order valence-electron chi connectivity index (χ3n) is 3.00. The van der Waals surface area contributed by atoms with E-state index in [2.05, 4.69) is 5.32 Å². The molecule has 0 bridgehead atoms. The molecule has 3 N–H and O–H groups in total. The van der Waals surface area contributed by atoms with E-state index in [4.69, 9.17) is 10.5 Å². The van der Waals surface area contributed by atoms with Gasteiger partial charge in [-0.05, 0) is 51.4 Å². The van der Waals surface area contributed by atoms with Crippen molar-refractivity contribution in [3.05, 3.63) is 29.6 Å². The van der Waals surface area contributed by atoms with Crippen molar-refractivity contribution in [2.75, 3.05) is 14.2 Å². The molecular weight excluding hydrogens is 231 g/mol. The summed E-state index contributed by atoms with van der Waals surface area (Å²) in [5.74, 6) is -0.0602. The number of ether oxygens (including phenoxy) is 1. The molecule has 3 nitrogen and oxygen atoms in total. The van der Waals surface area contributed by atoms with Crippen molar-refractivity contribution in [1.82, 2.24) is 5.32 Å². The van der Waals surface area contributed by atoms with Crippen LogP contribution in [0.5, 0.6) is 5.75 Å². The first-order chi connectivity index (χ1) is 8.37. The van der Waals surface area contributed by atoms with E-state index in [9.17, 15) is 4.39 Å². The fourth-order valence-corrected chi connectivity index (χ4v) is 1.89. The van der Waals surface area contributed by atoms with E-state index in [1.807, 2.05) is 27.0 Å². The maximum absolute atomic E-state index is 13.6. The molecule has 1 rings (SSSR count). The number of nitrogens with two attached hydrogens (primary N) is 1. The van der Waals surface area contributed by atoms with Gasteiger partial charge in [-0.2, -0.15) is 0 Å². The molecule has 0 spiro atoms. The Hall–Kier alpha value is -1.13. The molecule has 102 valence electrons. The predicted octanol–water partition coefficient (Wildman–Crippen LogP) is 2.61. The van der Waals surface area contributed by atoms with Crippen molar-refractivity contribution < 1.29 is 9.13 Å². The smallest absolute Gasteiger partial charge is 0.165 e. The minimum Gasteiger partial charge on any atom is -0.494 e. The van der Waals surface area contributed by atoms with Crippen molar-refractivity contribution >= 4 is 0 Å². The standard InChI is InChI=1S/C14H23FN2O/c1-14(2,16)8-7-12(17-3)10-5-6-13(18-4)11(15)9-10/h5-6,9,12,17H,7-8,16H2,1-4H3. The lowest BCUT2D eigenvalue weighted by molar-refractivity contribution is 0.383. The summed E-state index contributed by atoms with van der Waals surface area (Å²) < 4.78 is 18.6. The molecule has 0 saturated carbocycles. The summed E-state index contributed by atoms with van der Waals surface area (Å²) in [5, 5.41) is 3.19. The van der Waals surface area contributed by atoms with E-state index in [1.165, 1.54) is 13.2 Å². The Morgan fingerprint density at radius 2 is 2.11 bits per heavy atom. The van der Waals surface area contributed by atoms with Gasteiger partial charge in [0.15, 0.2) is 11.6 Å². The van der Waals surface area contributed by atoms with Crippen LogP contribution in [0.15, 0.2) is 18.2 Å². The molecule has 4 heteroatoms. The van der Waals surface area contributed by atoms with Crippen LogP contribution in [0.2, 0.25) is 0 Å². The van der Waals surface area contributed by atoms with E-state index in [1.54, 1.807) is 6.07 Å². The number of hydrogen-bond acceptors (Lipinski definition) is 3. The van der Waals surface area contributed by atoms with Crippen LogP contribution in [0.25, 0.3) is 0 Å². The molecule has 0 radical (unpaired) electrons. The van der Waals surface area contributed by atoms with Crippen molar-refractivity contribution in [1.29, 1.82) is 0 Å². The summed E-state index contributed by atoms with van der Waals surface area (Å²) in [5.41, 5.74) is 6.68. The van der Waals surface area contributed by atoms with Gasteiger partial charge in [-0.15, -0.1) is 0 Å². The number of halogens is 1. The molecule has 18 heavy (non-hydrogen) atoms. The van der Waals surface area contributed by atoms with Crippen LogP contribution in [0.4, 0.5) is 4.39 Å². The Morgan fingerprint density at radius 3 is 2.56 bits per heavy atom. The monoisotopic (exact) mass is 254 g/mol. The zero-order chi connectivity index (χ0) is 13.8. The second-order valence-corrected chi connectivity index (χ2v) is 5.26. The Morgan fingerprint density at radius 1 is 1.44 bits per heavy atom. The Bertz CT molecular complexity index is 388. The molecule has 1 atom stereocenters. The Balaban J connectivity index is 2.79. The highest BCUT2D eigenvalue weighted by atomic mass is 19.1. The zero-order valence-electron chi connectivity index (χ0n) is 11.6. The molecule has 0 saturated heterocycles. The highest BCUT2D eigenvalue weighted by Gasteiger charge is 2.17. The van der Waals surface area contributed by atoms with Crippen molar-refractivity contribution in [2.45, 2.75) is 38.3 Å². The third-order valence-corrected chi connectivity index (χ3v) is 3.00. The number of methoxy groups -OCH3 is 1. The molecule has 0 amide bonds. The predicted molar refractivity (Wildman–Crippen MR) is 72.3 cm³/mol. The fraction of sp³-hybridized carbons (Fsp3) is 0.571. The number of benzene rings is 1. The average Bonchev–Trinajstić information content (AvgIpc) is 2.28. The molecule has 1 aromatic carbocycles. The quantitative estimate of drug-likeness (QED) is 0.820. The summed E-state index contributed by atoms with van der Waals surface area (Å²) in [6.07, 6.45) is 1.73. The molecular formula is C14H23FN2O. The lowest BCUT2D eigenvalue weighted by Gasteiger charge is -2.23. The van der Waals surface area contributed by atoms with Crippen LogP contribution in [0, 0.1) is 5.82 Å². The second kappa shape index (κ2) is 6.16. The van der Waals surface area contributed by atoms with E-state index >= 15 is 0 Å². The topological polar surface area (TPSA) is 47.3 Å². The van der Waals surface area contributed by atoms with Crippen LogP contribution in [-0.4, -0.2) is 19.7 Å². The van der Waals surface area contributed by atoms with Gasteiger partial charge >= 0.3 is 0 Å². The van der Waals surface area contributed by atoms with Crippen molar-refractivity contribution in [3.8, 4) is 5.75 Å². The minimum atomic E-state index is -0.331. The van der Waals surface area contributed by atoms with Crippen molar-refractivity contribution in [2.24, 2.45) is 5.73 Å². The molecule has 0 fully saturated rings. The van der Waals surface area contributed by atoms with Crippen LogP contribution in [-0.2, 0) is 0 Å². The first kappa shape index (κ1) is 14.9. The second-order valence-electron chi connectivity index (χ2n) is 5.26. The van der Waals surface area contributed by atoms with Crippen LogP contribution in [0.3, 0.4) is 0 Å². The van der Waals surface area contributed by atoms with Gasteiger partial charge in [0, 0.05) is 11.6 Å². The number of nitrogens with one attached hydrogen (secondary N) is 1. The number of rotatable bonds is 6.